The Morgan fingerprint density at radius 3 is 2.57 bits per heavy atom. The average molecular weight is 632 g/mol. The topological polar surface area (TPSA) is 99.6 Å². The third-order valence-corrected chi connectivity index (χ3v) is 6.71. The van der Waals surface area contributed by atoms with Crippen LogP contribution in [0.25, 0.3) is 10.9 Å². The minimum absolute atomic E-state index is 0.0316. The summed E-state index contributed by atoms with van der Waals surface area (Å²) in [5.74, 6) is -0.0403. The SMILES string of the molecule is CC[C@@H](C)c1nc2ccc(Br)cc2c(=O)n1N=Cc1cc(Br)cc([N+](=O)[O-])c1OCc1ccc(F)cc1. The maximum absolute atomic E-state index is 13.4. The number of ether oxygens (including phenoxy) is 1. The average Bonchev–Trinajstić information content (AvgIpc) is 2.87. The van der Waals surface area contributed by atoms with E-state index in [4.69, 9.17) is 4.74 Å². The predicted octanol–water partition coefficient (Wildman–Crippen LogP) is 6.94. The van der Waals surface area contributed by atoms with Crippen LogP contribution in [0, 0.1) is 15.9 Å². The Morgan fingerprint density at radius 2 is 1.89 bits per heavy atom. The molecule has 0 saturated carbocycles. The Bertz CT molecular complexity index is 1570. The highest BCUT2D eigenvalue weighted by molar-refractivity contribution is 9.10. The summed E-state index contributed by atoms with van der Waals surface area (Å²) in [6.07, 6.45) is 2.06. The fourth-order valence-corrected chi connectivity index (χ4v) is 4.45. The van der Waals surface area contributed by atoms with Crippen molar-refractivity contribution in [2.75, 3.05) is 0 Å². The van der Waals surface area contributed by atoms with Gasteiger partial charge in [-0.15, -0.1) is 0 Å². The van der Waals surface area contributed by atoms with E-state index in [0.29, 0.717) is 26.8 Å². The fraction of sp³-hybridized carbons (Fsp3) is 0.192. The normalized spacial score (nSPS) is 12.2. The molecule has 0 fully saturated rings. The molecule has 4 rings (SSSR count). The van der Waals surface area contributed by atoms with Crippen molar-refractivity contribution in [1.29, 1.82) is 0 Å². The van der Waals surface area contributed by atoms with Gasteiger partial charge in [-0.1, -0.05) is 57.8 Å². The van der Waals surface area contributed by atoms with Crippen molar-refractivity contribution in [3.8, 4) is 5.75 Å². The van der Waals surface area contributed by atoms with E-state index < -0.39 is 10.7 Å². The molecule has 11 heteroatoms. The van der Waals surface area contributed by atoms with Crippen molar-refractivity contribution in [3.05, 3.63) is 107 Å². The molecular formula is C26H21Br2FN4O4. The first-order valence-electron chi connectivity index (χ1n) is 11.3. The summed E-state index contributed by atoms with van der Waals surface area (Å²) in [7, 11) is 0. The lowest BCUT2D eigenvalue weighted by atomic mass is 10.1. The summed E-state index contributed by atoms with van der Waals surface area (Å²) < 4.78 is 21.5. The largest absolute Gasteiger partial charge is 0.481 e. The molecule has 0 aliphatic heterocycles. The first kappa shape index (κ1) is 26.6. The van der Waals surface area contributed by atoms with Gasteiger partial charge in [-0.05, 0) is 48.4 Å². The molecule has 0 unspecified atom stereocenters. The summed E-state index contributed by atoms with van der Waals surface area (Å²) in [6, 6.07) is 13.8. The van der Waals surface area contributed by atoms with Gasteiger partial charge >= 0.3 is 5.69 Å². The number of benzene rings is 3. The van der Waals surface area contributed by atoms with Crippen LogP contribution in [0.4, 0.5) is 10.1 Å². The van der Waals surface area contributed by atoms with Crippen LogP contribution in [0.5, 0.6) is 5.75 Å². The molecule has 0 aliphatic rings. The minimum atomic E-state index is -0.562. The van der Waals surface area contributed by atoms with Crippen LogP contribution >= 0.6 is 31.9 Å². The van der Waals surface area contributed by atoms with Gasteiger partial charge in [0.25, 0.3) is 5.56 Å². The Balaban J connectivity index is 1.83. The Kier molecular flexibility index (Phi) is 8.13. The fourth-order valence-electron chi connectivity index (χ4n) is 3.62. The van der Waals surface area contributed by atoms with Crippen molar-refractivity contribution < 1.29 is 14.1 Å². The Morgan fingerprint density at radius 1 is 1.16 bits per heavy atom. The van der Waals surface area contributed by atoms with Gasteiger partial charge in [0, 0.05) is 26.5 Å². The van der Waals surface area contributed by atoms with Crippen molar-refractivity contribution in [1.82, 2.24) is 9.66 Å². The van der Waals surface area contributed by atoms with Gasteiger partial charge in [-0.2, -0.15) is 9.78 Å². The number of halogens is 3. The van der Waals surface area contributed by atoms with E-state index in [9.17, 15) is 19.3 Å². The van der Waals surface area contributed by atoms with Crippen LogP contribution in [0.1, 0.15) is 43.1 Å². The molecule has 8 nitrogen and oxygen atoms in total. The molecule has 0 radical (unpaired) electrons. The number of fused-ring (bicyclic) bond motifs is 1. The van der Waals surface area contributed by atoms with Crippen LogP contribution in [-0.4, -0.2) is 20.8 Å². The van der Waals surface area contributed by atoms with E-state index in [1.165, 1.54) is 41.2 Å². The second kappa shape index (κ2) is 11.3. The van der Waals surface area contributed by atoms with Crippen LogP contribution in [0.15, 0.2) is 73.4 Å². The molecule has 0 spiro atoms. The van der Waals surface area contributed by atoms with Crippen molar-refractivity contribution in [2.45, 2.75) is 32.8 Å². The summed E-state index contributed by atoms with van der Waals surface area (Å²) in [5, 5.41) is 16.6. The molecule has 0 N–H and O–H groups in total. The summed E-state index contributed by atoms with van der Waals surface area (Å²) in [5.41, 5.74) is 0.807. The van der Waals surface area contributed by atoms with Crippen LogP contribution in [0.3, 0.4) is 0 Å². The number of rotatable bonds is 8. The van der Waals surface area contributed by atoms with Crippen LogP contribution in [0.2, 0.25) is 0 Å². The standard InChI is InChI=1S/C26H21Br2FN4O4/c1-3-15(2)25-31-22-9-6-18(27)11-21(22)26(34)32(25)30-13-17-10-19(28)12-23(33(35)36)24(17)37-14-16-4-7-20(29)8-5-16/h4-13,15H,3,14H2,1-2H3/t15-/m1/s1. The van der Waals surface area contributed by atoms with Crippen molar-refractivity contribution in [2.24, 2.45) is 5.10 Å². The number of nitrogens with zero attached hydrogens (tertiary/aromatic N) is 4. The molecule has 0 bridgehead atoms. The van der Waals surface area contributed by atoms with Crippen LogP contribution < -0.4 is 10.3 Å². The molecule has 0 amide bonds. The smallest absolute Gasteiger partial charge is 0.312 e. The number of hydrogen-bond donors (Lipinski definition) is 0. The zero-order valence-electron chi connectivity index (χ0n) is 19.8. The van der Waals surface area contributed by atoms with Gasteiger partial charge in [-0.3, -0.25) is 14.9 Å². The quantitative estimate of drug-likeness (QED) is 0.119. The predicted molar refractivity (Wildman–Crippen MR) is 147 cm³/mol. The molecule has 190 valence electrons. The summed E-state index contributed by atoms with van der Waals surface area (Å²) in [6.45, 7) is 3.89. The molecule has 4 aromatic rings. The van der Waals surface area contributed by atoms with Crippen molar-refractivity contribution >= 4 is 54.7 Å². The Labute approximate surface area is 228 Å². The number of nitro benzene ring substituents is 1. The highest BCUT2D eigenvalue weighted by Crippen LogP contribution is 2.34. The molecule has 37 heavy (non-hydrogen) atoms. The molecule has 1 atom stereocenters. The van der Waals surface area contributed by atoms with E-state index in [-0.39, 0.29) is 35.1 Å². The van der Waals surface area contributed by atoms with Crippen molar-refractivity contribution in [3.63, 3.8) is 0 Å². The van der Waals surface area contributed by atoms with Gasteiger partial charge in [0.15, 0.2) is 0 Å². The second-order valence-corrected chi connectivity index (χ2v) is 10.1. The molecule has 3 aromatic carbocycles. The Hall–Kier alpha value is -3.44. The van der Waals surface area contributed by atoms with Crippen LogP contribution in [-0.2, 0) is 6.61 Å². The number of nitro groups is 1. The van der Waals surface area contributed by atoms with Gasteiger partial charge in [0.2, 0.25) is 5.75 Å². The van der Waals surface area contributed by atoms with Gasteiger partial charge < -0.3 is 4.74 Å². The third kappa shape index (κ3) is 5.94. The maximum Gasteiger partial charge on any atom is 0.312 e. The molecular weight excluding hydrogens is 611 g/mol. The monoisotopic (exact) mass is 630 g/mol. The lowest BCUT2D eigenvalue weighted by molar-refractivity contribution is -0.386. The van der Waals surface area contributed by atoms with E-state index in [1.807, 2.05) is 19.9 Å². The molecule has 1 aromatic heterocycles. The minimum Gasteiger partial charge on any atom is -0.481 e. The third-order valence-electron chi connectivity index (χ3n) is 5.75. The van der Waals surface area contributed by atoms with Gasteiger partial charge in [0.05, 0.1) is 22.0 Å². The van der Waals surface area contributed by atoms with E-state index in [0.717, 1.165) is 10.9 Å². The molecule has 0 saturated heterocycles. The first-order chi connectivity index (χ1) is 17.7. The highest BCUT2D eigenvalue weighted by atomic mass is 79.9. The lowest BCUT2D eigenvalue weighted by Crippen LogP contribution is -2.23. The number of hydrogen-bond acceptors (Lipinski definition) is 6. The highest BCUT2D eigenvalue weighted by Gasteiger charge is 2.21. The maximum atomic E-state index is 13.4. The summed E-state index contributed by atoms with van der Waals surface area (Å²) >= 11 is 6.69. The number of aromatic nitrogens is 2. The van der Waals surface area contributed by atoms with E-state index in [1.54, 1.807) is 18.2 Å². The zero-order valence-corrected chi connectivity index (χ0v) is 23.0. The lowest BCUT2D eigenvalue weighted by Gasteiger charge is -2.14. The second-order valence-electron chi connectivity index (χ2n) is 8.32. The first-order valence-corrected chi connectivity index (χ1v) is 12.9. The summed E-state index contributed by atoms with van der Waals surface area (Å²) in [4.78, 5) is 29.3. The molecule has 0 aliphatic carbocycles. The van der Waals surface area contributed by atoms with Gasteiger partial charge in [0.1, 0.15) is 18.2 Å². The van der Waals surface area contributed by atoms with Gasteiger partial charge in [-0.25, -0.2) is 9.37 Å². The zero-order chi connectivity index (χ0) is 26.7. The molecule has 1 heterocycles. The van der Waals surface area contributed by atoms with E-state index >= 15 is 0 Å². The van der Waals surface area contributed by atoms with E-state index in [2.05, 4.69) is 41.9 Å².